The van der Waals surface area contributed by atoms with E-state index in [1.54, 1.807) is 39.4 Å². The highest BCUT2D eigenvalue weighted by Crippen LogP contribution is 2.18. The number of anilines is 1. The van der Waals surface area contributed by atoms with E-state index in [9.17, 15) is 9.90 Å². The standard InChI is InChI=1S/C18H23N3O2/c1-18(2,23)13-21(3)17(22)15-8-4-5-9-16(15)20-12-14-7-6-10-19-11-14/h4-11,20,23H,12-13H2,1-3H3. The minimum absolute atomic E-state index is 0.124. The number of nitrogens with one attached hydrogen (secondary N) is 1. The van der Waals surface area contributed by atoms with Crippen LogP contribution < -0.4 is 5.32 Å². The minimum Gasteiger partial charge on any atom is -0.389 e. The third-order valence-corrected chi connectivity index (χ3v) is 3.33. The third-order valence-electron chi connectivity index (χ3n) is 3.33. The zero-order valence-corrected chi connectivity index (χ0v) is 13.8. The van der Waals surface area contributed by atoms with Gasteiger partial charge in [-0.1, -0.05) is 18.2 Å². The maximum absolute atomic E-state index is 12.6. The average Bonchev–Trinajstić information content (AvgIpc) is 2.52. The van der Waals surface area contributed by atoms with Crippen LogP contribution in [0.4, 0.5) is 5.69 Å². The van der Waals surface area contributed by atoms with E-state index >= 15 is 0 Å². The lowest BCUT2D eigenvalue weighted by atomic mass is 10.1. The molecule has 0 spiro atoms. The number of likely N-dealkylation sites (N-methyl/N-ethyl adjacent to an activating group) is 1. The van der Waals surface area contributed by atoms with Crippen LogP contribution >= 0.6 is 0 Å². The van der Waals surface area contributed by atoms with Crippen LogP contribution in [0.1, 0.15) is 29.8 Å². The fourth-order valence-electron chi connectivity index (χ4n) is 2.38. The van der Waals surface area contributed by atoms with Crippen LogP contribution in [0.3, 0.4) is 0 Å². The molecular formula is C18H23N3O2. The summed E-state index contributed by atoms with van der Waals surface area (Å²) < 4.78 is 0. The van der Waals surface area contributed by atoms with Gasteiger partial charge in [0.15, 0.2) is 0 Å². The first-order valence-electron chi connectivity index (χ1n) is 7.56. The number of rotatable bonds is 6. The van der Waals surface area contributed by atoms with Crippen molar-refractivity contribution in [3.63, 3.8) is 0 Å². The Labute approximate surface area is 137 Å². The van der Waals surface area contributed by atoms with E-state index in [1.165, 1.54) is 4.90 Å². The number of para-hydroxylation sites is 1. The Hall–Kier alpha value is -2.40. The Morgan fingerprint density at radius 2 is 2.00 bits per heavy atom. The summed E-state index contributed by atoms with van der Waals surface area (Å²) >= 11 is 0. The highest BCUT2D eigenvalue weighted by molar-refractivity contribution is 5.99. The lowest BCUT2D eigenvalue weighted by molar-refractivity contribution is 0.0368. The monoisotopic (exact) mass is 313 g/mol. The number of hydrogen-bond acceptors (Lipinski definition) is 4. The van der Waals surface area contributed by atoms with Crippen LogP contribution in [0.25, 0.3) is 0 Å². The van der Waals surface area contributed by atoms with Crippen LogP contribution in [0, 0.1) is 0 Å². The summed E-state index contributed by atoms with van der Waals surface area (Å²) in [4.78, 5) is 18.2. The topological polar surface area (TPSA) is 65.5 Å². The lowest BCUT2D eigenvalue weighted by Gasteiger charge is -2.26. The van der Waals surface area contributed by atoms with Crippen molar-refractivity contribution in [3.05, 3.63) is 59.9 Å². The second kappa shape index (κ2) is 7.24. The van der Waals surface area contributed by atoms with Crippen molar-refractivity contribution in [1.82, 2.24) is 9.88 Å². The number of amides is 1. The molecule has 1 aromatic carbocycles. The SMILES string of the molecule is CN(CC(C)(C)O)C(=O)c1ccccc1NCc1cccnc1. The van der Waals surface area contributed by atoms with E-state index < -0.39 is 5.60 Å². The fourth-order valence-corrected chi connectivity index (χ4v) is 2.38. The summed E-state index contributed by atoms with van der Waals surface area (Å²) in [6.07, 6.45) is 3.52. The largest absolute Gasteiger partial charge is 0.389 e. The molecule has 0 unspecified atom stereocenters. The average molecular weight is 313 g/mol. The summed E-state index contributed by atoms with van der Waals surface area (Å²) in [5, 5.41) is 13.2. The van der Waals surface area contributed by atoms with Gasteiger partial charge in [0.05, 0.1) is 11.2 Å². The Kier molecular flexibility index (Phi) is 5.34. The molecule has 23 heavy (non-hydrogen) atoms. The van der Waals surface area contributed by atoms with Gasteiger partial charge >= 0.3 is 0 Å². The summed E-state index contributed by atoms with van der Waals surface area (Å²) in [6, 6.07) is 11.2. The second-order valence-corrected chi connectivity index (χ2v) is 6.23. The molecule has 5 nitrogen and oxygen atoms in total. The molecule has 122 valence electrons. The van der Waals surface area contributed by atoms with Gasteiger partial charge in [0, 0.05) is 38.2 Å². The smallest absolute Gasteiger partial charge is 0.255 e. The van der Waals surface area contributed by atoms with E-state index in [-0.39, 0.29) is 12.5 Å². The predicted octanol–water partition coefficient (Wildman–Crippen LogP) is 2.54. The first-order valence-corrected chi connectivity index (χ1v) is 7.56. The fraction of sp³-hybridized carbons (Fsp3) is 0.333. The van der Waals surface area contributed by atoms with Gasteiger partial charge in [0.25, 0.3) is 5.91 Å². The van der Waals surface area contributed by atoms with Crippen LogP contribution in [-0.2, 0) is 6.54 Å². The molecule has 0 aliphatic carbocycles. The molecule has 0 bridgehead atoms. The second-order valence-electron chi connectivity index (χ2n) is 6.23. The third kappa shape index (κ3) is 5.07. The summed E-state index contributed by atoms with van der Waals surface area (Å²) in [5.41, 5.74) is 1.47. The summed E-state index contributed by atoms with van der Waals surface area (Å²) in [6.45, 7) is 4.22. The zero-order valence-electron chi connectivity index (χ0n) is 13.8. The normalized spacial score (nSPS) is 11.1. The van der Waals surface area contributed by atoms with Crippen molar-refractivity contribution in [1.29, 1.82) is 0 Å². The van der Waals surface area contributed by atoms with Gasteiger partial charge in [0.2, 0.25) is 0 Å². The molecule has 0 aliphatic heterocycles. The number of hydrogen-bond donors (Lipinski definition) is 2. The molecule has 0 atom stereocenters. The molecule has 0 fully saturated rings. The molecule has 1 heterocycles. The van der Waals surface area contributed by atoms with Gasteiger partial charge < -0.3 is 15.3 Å². The number of carbonyl (C=O) groups is 1. The van der Waals surface area contributed by atoms with Crippen molar-refractivity contribution in [3.8, 4) is 0 Å². The number of aromatic nitrogens is 1. The molecular weight excluding hydrogens is 290 g/mol. The molecule has 2 N–H and O–H groups in total. The Morgan fingerprint density at radius 3 is 2.65 bits per heavy atom. The molecule has 2 aromatic rings. The van der Waals surface area contributed by atoms with Crippen LogP contribution in [0.15, 0.2) is 48.8 Å². The van der Waals surface area contributed by atoms with Crippen LogP contribution in [0.2, 0.25) is 0 Å². The quantitative estimate of drug-likeness (QED) is 0.860. The highest BCUT2D eigenvalue weighted by Gasteiger charge is 2.21. The number of carbonyl (C=O) groups excluding carboxylic acids is 1. The minimum atomic E-state index is -0.928. The maximum Gasteiger partial charge on any atom is 0.255 e. The predicted molar refractivity (Wildman–Crippen MR) is 91.3 cm³/mol. The van der Waals surface area contributed by atoms with Gasteiger partial charge in [-0.05, 0) is 37.6 Å². The zero-order chi connectivity index (χ0) is 16.9. The molecule has 2 rings (SSSR count). The van der Waals surface area contributed by atoms with Gasteiger partial charge in [0.1, 0.15) is 0 Å². The molecule has 1 aromatic heterocycles. The highest BCUT2D eigenvalue weighted by atomic mass is 16.3. The number of aliphatic hydroxyl groups is 1. The van der Waals surface area contributed by atoms with Gasteiger partial charge in [-0.25, -0.2) is 0 Å². The number of benzene rings is 1. The van der Waals surface area contributed by atoms with Crippen molar-refractivity contribution in [2.75, 3.05) is 18.9 Å². The number of pyridine rings is 1. The van der Waals surface area contributed by atoms with Gasteiger partial charge in [-0.15, -0.1) is 0 Å². The van der Waals surface area contributed by atoms with Crippen LogP contribution in [0.5, 0.6) is 0 Å². The van der Waals surface area contributed by atoms with Crippen LogP contribution in [-0.4, -0.2) is 40.1 Å². The molecule has 0 radical (unpaired) electrons. The van der Waals surface area contributed by atoms with Crippen molar-refractivity contribution < 1.29 is 9.90 Å². The van der Waals surface area contributed by atoms with E-state index in [2.05, 4.69) is 10.3 Å². The lowest BCUT2D eigenvalue weighted by Crippen LogP contribution is -2.39. The maximum atomic E-state index is 12.6. The summed E-state index contributed by atoms with van der Waals surface area (Å²) in [7, 11) is 1.69. The number of nitrogens with zero attached hydrogens (tertiary/aromatic N) is 2. The van der Waals surface area contributed by atoms with Crippen molar-refractivity contribution in [2.24, 2.45) is 0 Å². The van der Waals surface area contributed by atoms with E-state index in [1.807, 2.05) is 30.3 Å². The first kappa shape index (κ1) is 17.0. The summed E-state index contributed by atoms with van der Waals surface area (Å²) in [5.74, 6) is -0.124. The van der Waals surface area contributed by atoms with Crippen molar-refractivity contribution >= 4 is 11.6 Å². The first-order chi connectivity index (χ1) is 10.9. The molecule has 0 saturated heterocycles. The van der Waals surface area contributed by atoms with E-state index in [4.69, 9.17) is 0 Å². The van der Waals surface area contributed by atoms with Crippen molar-refractivity contribution in [2.45, 2.75) is 26.0 Å². The van der Waals surface area contributed by atoms with E-state index in [0.717, 1.165) is 11.3 Å². The molecule has 5 heteroatoms. The molecule has 0 saturated carbocycles. The van der Waals surface area contributed by atoms with E-state index in [0.29, 0.717) is 12.1 Å². The van der Waals surface area contributed by atoms with Gasteiger partial charge in [-0.3, -0.25) is 9.78 Å². The Balaban J connectivity index is 2.12. The molecule has 1 amide bonds. The Morgan fingerprint density at radius 1 is 1.26 bits per heavy atom. The Bertz CT molecular complexity index is 651. The van der Waals surface area contributed by atoms with Gasteiger partial charge in [-0.2, -0.15) is 0 Å². The molecule has 0 aliphatic rings.